The third-order valence-electron chi connectivity index (χ3n) is 2.70. The SMILES string of the molecule is CCOC(=O)C(NC(=O)NC(C)C)C(O)c1ccccc1. The number of hydrogen-bond acceptors (Lipinski definition) is 4. The van der Waals surface area contributed by atoms with Crippen LogP contribution in [0.25, 0.3) is 0 Å². The van der Waals surface area contributed by atoms with E-state index in [1.54, 1.807) is 51.1 Å². The maximum Gasteiger partial charge on any atom is 0.331 e. The van der Waals surface area contributed by atoms with Crippen LogP contribution in [0, 0.1) is 0 Å². The molecule has 0 saturated heterocycles. The molecule has 1 aromatic rings. The molecule has 1 aromatic carbocycles. The monoisotopic (exact) mass is 294 g/mol. The van der Waals surface area contributed by atoms with Gasteiger partial charge >= 0.3 is 12.0 Å². The molecule has 2 atom stereocenters. The van der Waals surface area contributed by atoms with Crippen LogP contribution in [0.2, 0.25) is 0 Å². The van der Waals surface area contributed by atoms with Crippen molar-refractivity contribution in [3.8, 4) is 0 Å². The number of aliphatic hydroxyl groups excluding tert-OH is 1. The number of carbonyl (C=O) groups is 2. The van der Waals surface area contributed by atoms with Crippen molar-refractivity contribution in [2.75, 3.05) is 6.61 Å². The fourth-order valence-electron chi connectivity index (χ4n) is 1.79. The average molecular weight is 294 g/mol. The zero-order valence-electron chi connectivity index (χ0n) is 12.5. The molecule has 2 unspecified atom stereocenters. The van der Waals surface area contributed by atoms with Crippen molar-refractivity contribution in [3.63, 3.8) is 0 Å². The van der Waals surface area contributed by atoms with Crippen LogP contribution in [0.5, 0.6) is 0 Å². The molecule has 0 saturated carbocycles. The molecule has 0 heterocycles. The number of ether oxygens (including phenoxy) is 1. The predicted octanol–water partition coefficient (Wildman–Crippen LogP) is 1.36. The molecule has 3 N–H and O–H groups in total. The zero-order chi connectivity index (χ0) is 15.8. The first-order valence-electron chi connectivity index (χ1n) is 6.92. The van der Waals surface area contributed by atoms with E-state index in [1.807, 2.05) is 0 Å². The minimum absolute atomic E-state index is 0.0817. The van der Waals surface area contributed by atoms with Crippen molar-refractivity contribution in [2.45, 2.75) is 39.0 Å². The van der Waals surface area contributed by atoms with E-state index in [9.17, 15) is 14.7 Å². The number of carbonyl (C=O) groups excluding carboxylic acids is 2. The molecule has 0 aliphatic carbocycles. The second-order valence-electron chi connectivity index (χ2n) is 4.86. The Bertz CT molecular complexity index is 462. The van der Waals surface area contributed by atoms with Gasteiger partial charge in [0.05, 0.1) is 6.61 Å². The van der Waals surface area contributed by atoms with E-state index in [0.717, 1.165) is 0 Å². The van der Waals surface area contributed by atoms with E-state index in [0.29, 0.717) is 5.56 Å². The fourth-order valence-corrected chi connectivity index (χ4v) is 1.79. The Kier molecular flexibility index (Phi) is 6.68. The van der Waals surface area contributed by atoms with E-state index < -0.39 is 24.1 Å². The minimum atomic E-state index is -1.18. The molecule has 0 aliphatic rings. The van der Waals surface area contributed by atoms with Gasteiger partial charge in [0.25, 0.3) is 0 Å². The first-order chi connectivity index (χ1) is 9.95. The summed E-state index contributed by atoms with van der Waals surface area (Å²) < 4.78 is 4.91. The van der Waals surface area contributed by atoms with Gasteiger partial charge in [-0.25, -0.2) is 9.59 Å². The summed E-state index contributed by atoms with van der Waals surface area (Å²) in [5, 5.41) is 15.4. The van der Waals surface area contributed by atoms with Crippen LogP contribution in [0.15, 0.2) is 30.3 Å². The Labute approximate surface area is 124 Å². The summed E-state index contributed by atoms with van der Waals surface area (Å²) in [6.45, 7) is 5.43. The highest BCUT2D eigenvalue weighted by atomic mass is 16.5. The molecule has 0 aromatic heterocycles. The van der Waals surface area contributed by atoms with Gasteiger partial charge in [0.15, 0.2) is 6.04 Å². The number of esters is 1. The van der Waals surface area contributed by atoms with Crippen molar-refractivity contribution in [1.82, 2.24) is 10.6 Å². The Morgan fingerprint density at radius 2 is 1.81 bits per heavy atom. The first-order valence-corrected chi connectivity index (χ1v) is 6.92. The average Bonchev–Trinajstić information content (AvgIpc) is 2.44. The van der Waals surface area contributed by atoms with E-state index in [4.69, 9.17) is 4.74 Å². The zero-order valence-corrected chi connectivity index (χ0v) is 12.5. The quantitative estimate of drug-likeness (QED) is 0.691. The van der Waals surface area contributed by atoms with E-state index in [2.05, 4.69) is 10.6 Å². The lowest BCUT2D eigenvalue weighted by Gasteiger charge is -2.23. The van der Waals surface area contributed by atoms with Crippen molar-refractivity contribution < 1.29 is 19.4 Å². The van der Waals surface area contributed by atoms with Gasteiger partial charge in [0.2, 0.25) is 0 Å². The number of urea groups is 1. The summed E-state index contributed by atoms with van der Waals surface area (Å²) in [4.78, 5) is 23.7. The lowest BCUT2D eigenvalue weighted by atomic mass is 10.0. The number of benzene rings is 1. The summed E-state index contributed by atoms with van der Waals surface area (Å²) in [7, 11) is 0. The third kappa shape index (κ3) is 5.43. The van der Waals surface area contributed by atoms with Crippen LogP contribution in [0.3, 0.4) is 0 Å². The molecule has 116 valence electrons. The van der Waals surface area contributed by atoms with E-state index >= 15 is 0 Å². The number of rotatable bonds is 6. The van der Waals surface area contributed by atoms with Gasteiger partial charge < -0.3 is 20.5 Å². The van der Waals surface area contributed by atoms with Gasteiger partial charge in [-0.15, -0.1) is 0 Å². The first kappa shape index (κ1) is 17.0. The Morgan fingerprint density at radius 3 is 2.33 bits per heavy atom. The summed E-state index contributed by atoms with van der Waals surface area (Å²) in [6, 6.07) is 6.88. The van der Waals surface area contributed by atoms with Crippen LogP contribution >= 0.6 is 0 Å². The number of nitrogens with one attached hydrogen (secondary N) is 2. The molecule has 0 radical (unpaired) electrons. The van der Waals surface area contributed by atoms with Crippen LogP contribution in [0.1, 0.15) is 32.4 Å². The van der Waals surface area contributed by atoms with Gasteiger partial charge in [0.1, 0.15) is 6.10 Å². The predicted molar refractivity (Wildman–Crippen MR) is 78.6 cm³/mol. The van der Waals surface area contributed by atoms with E-state index in [1.165, 1.54) is 0 Å². The highest BCUT2D eigenvalue weighted by Crippen LogP contribution is 2.17. The molecule has 6 heteroatoms. The minimum Gasteiger partial charge on any atom is -0.464 e. The summed E-state index contributed by atoms with van der Waals surface area (Å²) >= 11 is 0. The molecular weight excluding hydrogens is 272 g/mol. The highest BCUT2D eigenvalue weighted by Gasteiger charge is 2.31. The number of aliphatic hydroxyl groups is 1. The molecule has 1 rings (SSSR count). The standard InChI is InChI=1S/C15H22N2O4/c1-4-21-14(19)12(17-15(20)16-10(2)3)13(18)11-8-6-5-7-9-11/h5-10,12-13,18H,4H2,1-3H3,(H2,16,17,20). The second-order valence-corrected chi connectivity index (χ2v) is 4.86. The van der Waals surface area contributed by atoms with Crippen LogP contribution in [0.4, 0.5) is 4.79 Å². The maximum absolute atomic E-state index is 12.0. The maximum atomic E-state index is 12.0. The Balaban J connectivity index is 2.86. The summed E-state index contributed by atoms with van der Waals surface area (Å²) in [6.07, 6.45) is -1.18. The smallest absolute Gasteiger partial charge is 0.331 e. The highest BCUT2D eigenvalue weighted by molar-refractivity contribution is 5.84. The van der Waals surface area contributed by atoms with Crippen LogP contribution in [-0.4, -0.2) is 35.8 Å². The van der Waals surface area contributed by atoms with Gasteiger partial charge in [-0.05, 0) is 26.3 Å². The molecule has 6 nitrogen and oxygen atoms in total. The molecule has 0 fully saturated rings. The van der Waals surface area contributed by atoms with Gasteiger partial charge in [-0.2, -0.15) is 0 Å². The molecule has 0 aliphatic heterocycles. The lowest BCUT2D eigenvalue weighted by Crippen LogP contribution is -2.51. The van der Waals surface area contributed by atoms with Crippen LogP contribution < -0.4 is 10.6 Å². The third-order valence-corrected chi connectivity index (χ3v) is 2.70. The van der Waals surface area contributed by atoms with Crippen molar-refractivity contribution in [3.05, 3.63) is 35.9 Å². The molecule has 0 spiro atoms. The molecule has 21 heavy (non-hydrogen) atoms. The number of hydrogen-bond donors (Lipinski definition) is 3. The number of amides is 2. The van der Waals surface area contributed by atoms with Crippen molar-refractivity contribution in [1.29, 1.82) is 0 Å². The van der Waals surface area contributed by atoms with Crippen molar-refractivity contribution >= 4 is 12.0 Å². The summed E-state index contributed by atoms with van der Waals surface area (Å²) in [5.74, 6) is -0.673. The normalized spacial score (nSPS) is 13.4. The second kappa shape index (κ2) is 8.26. The lowest BCUT2D eigenvalue weighted by molar-refractivity contribution is -0.148. The van der Waals surface area contributed by atoms with Gasteiger partial charge in [0, 0.05) is 6.04 Å². The largest absolute Gasteiger partial charge is 0.464 e. The topological polar surface area (TPSA) is 87.7 Å². The molecular formula is C15H22N2O4. The van der Waals surface area contributed by atoms with Gasteiger partial charge in [-0.1, -0.05) is 30.3 Å². The molecule has 2 amide bonds. The fraction of sp³-hybridized carbons (Fsp3) is 0.467. The van der Waals surface area contributed by atoms with Crippen LogP contribution in [-0.2, 0) is 9.53 Å². The Hall–Kier alpha value is -2.08. The Morgan fingerprint density at radius 1 is 1.19 bits per heavy atom. The molecule has 0 bridgehead atoms. The van der Waals surface area contributed by atoms with Crippen molar-refractivity contribution in [2.24, 2.45) is 0 Å². The van der Waals surface area contributed by atoms with E-state index in [-0.39, 0.29) is 12.6 Å². The van der Waals surface area contributed by atoms with Gasteiger partial charge in [-0.3, -0.25) is 0 Å². The summed E-state index contributed by atoms with van der Waals surface area (Å²) in [5.41, 5.74) is 0.528.